The van der Waals surface area contributed by atoms with E-state index in [-0.39, 0.29) is 0 Å². The zero-order valence-corrected chi connectivity index (χ0v) is 11.8. The van der Waals surface area contributed by atoms with Gasteiger partial charge in [-0.2, -0.15) is 0 Å². The number of hydrogen-bond acceptors (Lipinski definition) is 8. The van der Waals surface area contributed by atoms with Gasteiger partial charge in [0.1, 0.15) is 5.52 Å². The zero-order valence-electron chi connectivity index (χ0n) is 11.8. The molecule has 2 aromatic heterocycles. The third kappa shape index (κ3) is 3.56. The van der Waals surface area contributed by atoms with Gasteiger partial charge in [-0.15, -0.1) is 0 Å². The molecule has 0 aromatic carbocycles. The molecule has 9 heteroatoms. The Labute approximate surface area is 116 Å². The van der Waals surface area contributed by atoms with Crippen molar-refractivity contribution >= 4 is 22.7 Å². The number of anilines is 1. The molecule has 0 radical (unpaired) electrons. The van der Waals surface area contributed by atoms with Gasteiger partial charge in [0.15, 0.2) is 17.3 Å². The number of fused-ring (bicyclic) bond motifs is 1. The topological polar surface area (TPSA) is 140 Å². The van der Waals surface area contributed by atoms with E-state index in [1.54, 1.807) is 0 Å². The summed E-state index contributed by atoms with van der Waals surface area (Å²) in [7, 11) is 0. The minimum atomic E-state index is 0.293. The van der Waals surface area contributed by atoms with Crippen LogP contribution in [0.4, 0.5) is 5.82 Å². The summed E-state index contributed by atoms with van der Waals surface area (Å²) < 4.78 is 0. The summed E-state index contributed by atoms with van der Waals surface area (Å²) in [5, 5.41) is 0. The monoisotopic (exact) mass is 280 g/mol. The van der Waals surface area contributed by atoms with Crippen molar-refractivity contribution < 1.29 is 4.84 Å². The standard InChI is InChI=1S/C9H14N8O.C2H6/c1-2-18-17-9-6-8(13-4-12-6)15-7(16-9)5(10)3-14-11;1-2/h3-4,14H,2,10-11H2,1H3,(H2,12,13,15,16,17);1-2H3/b5-3-;. The van der Waals surface area contributed by atoms with Crippen LogP contribution in [0.15, 0.2) is 12.5 Å². The zero-order chi connectivity index (χ0) is 15.0. The number of nitrogens with one attached hydrogen (secondary N) is 3. The molecule has 7 N–H and O–H groups in total. The van der Waals surface area contributed by atoms with Crippen molar-refractivity contribution in [3.05, 3.63) is 18.4 Å². The number of H-pyrrole nitrogens is 1. The van der Waals surface area contributed by atoms with Crippen LogP contribution in [0.3, 0.4) is 0 Å². The summed E-state index contributed by atoms with van der Waals surface area (Å²) in [5.74, 6) is 5.92. The number of imidazole rings is 1. The molecule has 110 valence electrons. The van der Waals surface area contributed by atoms with Crippen LogP contribution in [0.5, 0.6) is 0 Å². The minimum Gasteiger partial charge on any atom is -0.394 e. The maximum atomic E-state index is 5.75. The molecule has 0 aliphatic carbocycles. The lowest BCUT2D eigenvalue weighted by molar-refractivity contribution is 0.209. The van der Waals surface area contributed by atoms with Gasteiger partial charge in [-0.1, -0.05) is 13.8 Å². The predicted molar refractivity (Wildman–Crippen MR) is 77.8 cm³/mol. The van der Waals surface area contributed by atoms with Crippen LogP contribution in [0.2, 0.25) is 0 Å². The first-order chi connectivity index (χ1) is 9.76. The number of hydrogen-bond donors (Lipinski definition) is 5. The lowest BCUT2D eigenvalue weighted by Crippen LogP contribution is -2.17. The Hall–Kier alpha value is -2.39. The molecule has 9 nitrogen and oxygen atoms in total. The van der Waals surface area contributed by atoms with E-state index in [0.717, 1.165) is 0 Å². The van der Waals surface area contributed by atoms with Crippen LogP contribution in [0.25, 0.3) is 16.9 Å². The Morgan fingerprint density at radius 3 is 2.85 bits per heavy atom. The van der Waals surface area contributed by atoms with E-state index in [4.69, 9.17) is 16.4 Å². The molecule has 0 amide bonds. The van der Waals surface area contributed by atoms with Crippen LogP contribution < -0.4 is 22.5 Å². The molecule has 2 aromatic rings. The summed E-state index contributed by atoms with van der Waals surface area (Å²) in [6, 6.07) is 0. The normalized spacial score (nSPS) is 10.9. The minimum absolute atomic E-state index is 0.293. The molecule has 20 heavy (non-hydrogen) atoms. The van der Waals surface area contributed by atoms with Crippen molar-refractivity contribution in [2.24, 2.45) is 11.6 Å². The number of rotatable bonds is 5. The smallest absolute Gasteiger partial charge is 0.183 e. The van der Waals surface area contributed by atoms with Crippen molar-refractivity contribution in [1.29, 1.82) is 0 Å². The van der Waals surface area contributed by atoms with Gasteiger partial charge in [-0.05, 0) is 6.92 Å². The second-order valence-corrected chi connectivity index (χ2v) is 3.30. The maximum absolute atomic E-state index is 5.75. The van der Waals surface area contributed by atoms with Crippen LogP contribution in [0.1, 0.15) is 26.6 Å². The van der Waals surface area contributed by atoms with E-state index in [1.165, 1.54) is 12.5 Å². The fourth-order valence-corrected chi connectivity index (χ4v) is 1.33. The number of nitrogens with zero attached hydrogens (tertiary/aromatic N) is 3. The van der Waals surface area contributed by atoms with Crippen LogP contribution in [0, 0.1) is 0 Å². The fourth-order valence-electron chi connectivity index (χ4n) is 1.33. The van der Waals surface area contributed by atoms with E-state index in [0.29, 0.717) is 35.1 Å². The van der Waals surface area contributed by atoms with E-state index < -0.39 is 0 Å². The van der Waals surface area contributed by atoms with Gasteiger partial charge >= 0.3 is 0 Å². The molecule has 0 aliphatic rings. The molecule has 0 aliphatic heterocycles. The predicted octanol–water partition coefficient (Wildman–Crippen LogP) is 0.463. The second kappa shape index (κ2) is 7.92. The molecule has 0 atom stereocenters. The third-order valence-electron chi connectivity index (χ3n) is 2.10. The quantitative estimate of drug-likeness (QED) is 0.393. The summed E-state index contributed by atoms with van der Waals surface area (Å²) in [4.78, 5) is 20.5. The summed E-state index contributed by atoms with van der Waals surface area (Å²) >= 11 is 0. The molecule has 0 saturated carbocycles. The van der Waals surface area contributed by atoms with Gasteiger partial charge in [0.25, 0.3) is 0 Å². The number of hydrazine groups is 1. The highest BCUT2D eigenvalue weighted by atomic mass is 16.6. The Morgan fingerprint density at radius 1 is 1.45 bits per heavy atom. The van der Waals surface area contributed by atoms with Crippen LogP contribution in [-0.4, -0.2) is 26.5 Å². The molecular formula is C11H20N8O. The molecule has 0 unspecified atom stereocenters. The molecule has 0 fully saturated rings. The van der Waals surface area contributed by atoms with Crippen molar-refractivity contribution in [3.8, 4) is 0 Å². The maximum Gasteiger partial charge on any atom is 0.183 e. The van der Waals surface area contributed by atoms with Crippen molar-refractivity contribution in [3.63, 3.8) is 0 Å². The van der Waals surface area contributed by atoms with Gasteiger partial charge in [0.2, 0.25) is 0 Å². The lowest BCUT2D eigenvalue weighted by atomic mass is 10.4. The molecule has 0 bridgehead atoms. The molecule has 0 saturated heterocycles. The lowest BCUT2D eigenvalue weighted by Gasteiger charge is -2.07. The number of aromatic amines is 1. The molecule has 2 heterocycles. The largest absolute Gasteiger partial charge is 0.394 e. The van der Waals surface area contributed by atoms with E-state index in [9.17, 15) is 0 Å². The fraction of sp³-hybridized carbons (Fsp3) is 0.364. The number of aromatic nitrogens is 4. The summed E-state index contributed by atoms with van der Waals surface area (Å²) in [6.07, 6.45) is 2.90. The van der Waals surface area contributed by atoms with Crippen LogP contribution in [-0.2, 0) is 4.84 Å². The Bertz CT molecular complexity index is 565. The SMILES string of the molecule is CC.CCONc1nc(/C(N)=C/NN)nc2nc[nH]c12. The van der Waals surface area contributed by atoms with Crippen molar-refractivity contribution in [1.82, 2.24) is 25.4 Å². The highest BCUT2D eigenvalue weighted by Gasteiger charge is 2.11. The van der Waals surface area contributed by atoms with E-state index >= 15 is 0 Å². The highest BCUT2D eigenvalue weighted by molar-refractivity contribution is 5.83. The molecular weight excluding hydrogens is 260 g/mol. The first kappa shape index (κ1) is 15.7. The Kier molecular flexibility index (Phi) is 6.20. The molecule has 2 rings (SSSR count). The highest BCUT2D eigenvalue weighted by Crippen LogP contribution is 2.18. The van der Waals surface area contributed by atoms with E-state index in [2.05, 4.69) is 30.8 Å². The second-order valence-electron chi connectivity index (χ2n) is 3.30. The van der Waals surface area contributed by atoms with Gasteiger partial charge in [-0.3, -0.25) is 10.7 Å². The first-order valence-corrected chi connectivity index (χ1v) is 6.27. The van der Waals surface area contributed by atoms with E-state index in [1.807, 2.05) is 20.8 Å². The van der Waals surface area contributed by atoms with Gasteiger partial charge in [-0.25, -0.2) is 20.4 Å². The van der Waals surface area contributed by atoms with Crippen molar-refractivity contribution in [2.45, 2.75) is 20.8 Å². The van der Waals surface area contributed by atoms with Gasteiger partial charge < -0.3 is 16.1 Å². The van der Waals surface area contributed by atoms with Gasteiger partial charge in [0, 0.05) is 6.20 Å². The van der Waals surface area contributed by atoms with Crippen LogP contribution >= 0.6 is 0 Å². The number of nitrogens with two attached hydrogens (primary N) is 2. The van der Waals surface area contributed by atoms with Gasteiger partial charge in [0.05, 0.1) is 18.6 Å². The average Bonchev–Trinajstić information content (AvgIpc) is 2.95. The Morgan fingerprint density at radius 2 is 2.20 bits per heavy atom. The average molecular weight is 280 g/mol. The molecule has 0 spiro atoms. The Balaban J connectivity index is 0.000000956. The van der Waals surface area contributed by atoms with Crippen molar-refractivity contribution in [2.75, 3.05) is 12.1 Å². The third-order valence-corrected chi connectivity index (χ3v) is 2.10. The summed E-state index contributed by atoms with van der Waals surface area (Å²) in [5.41, 5.74) is 12.2. The summed E-state index contributed by atoms with van der Waals surface area (Å²) in [6.45, 7) is 6.34. The first-order valence-electron chi connectivity index (χ1n) is 6.27.